The Bertz CT molecular complexity index is 706. The Labute approximate surface area is 237 Å². The first-order valence-electron chi connectivity index (χ1n) is 12.1. The summed E-state index contributed by atoms with van der Waals surface area (Å²) >= 11 is 0. The highest BCUT2D eigenvalue weighted by molar-refractivity contribution is 7.84. The molecule has 0 saturated heterocycles. The monoisotopic (exact) mass is 623 g/mol. The van der Waals surface area contributed by atoms with Gasteiger partial charge in [0.15, 0.2) is 0 Å². The Morgan fingerprint density at radius 1 is 0.316 bits per heavy atom. The summed E-state index contributed by atoms with van der Waals surface area (Å²) in [6.07, 6.45) is 0. The molecule has 0 rings (SSSR count). The number of hydrogen-bond acceptors (Lipinski definition) is 5. The van der Waals surface area contributed by atoms with Crippen LogP contribution in [0.2, 0.25) is 0 Å². The van der Waals surface area contributed by atoms with Gasteiger partial charge < -0.3 is 5.48 Å². The predicted octanol–water partition coefficient (Wildman–Crippen LogP) is 3.94. The number of nitrogens with zero attached hydrogens (tertiary/aromatic N) is 13. The van der Waals surface area contributed by atoms with Crippen molar-refractivity contribution in [2.75, 3.05) is 141 Å². The summed E-state index contributed by atoms with van der Waals surface area (Å²) < 4.78 is 40.1. The van der Waals surface area contributed by atoms with Gasteiger partial charge in [-0.2, -0.15) is 0 Å². The van der Waals surface area contributed by atoms with Crippen molar-refractivity contribution in [1.82, 2.24) is 46.7 Å². The van der Waals surface area contributed by atoms with E-state index in [0.717, 1.165) is 0 Å². The van der Waals surface area contributed by atoms with Gasteiger partial charge in [0.05, 0.1) is 0 Å². The SMILES string of the molecule is CN(C)P(=N[P+](N=P(N(C)C)(N(C)C)N(C)C)(N=P(N(C)C)(N(C)C)N(C)C)N(C)C)(N(C)C)N(C)C.[OH-]. The van der Waals surface area contributed by atoms with Crippen LogP contribution in [0.4, 0.5) is 0 Å². The molecule has 18 heteroatoms. The fraction of sp³-hybridized carbons (Fsp3) is 1.00. The van der Waals surface area contributed by atoms with Gasteiger partial charge in [-0.3, -0.25) is 0 Å². The van der Waals surface area contributed by atoms with Gasteiger partial charge >= 0.3 is 7.87 Å². The van der Waals surface area contributed by atoms with Gasteiger partial charge in [-0.05, 0) is 140 Å². The molecule has 0 aliphatic heterocycles. The Morgan fingerprint density at radius 2 is 0.447 bits per heavy atom. The minimum atomic E-state index is -2.94. The predicted molar refractivity (Wildman–Crippen MR) is 174 cm³/mol. The molecule has 0 aliphatic rings. The molecule has 0 bridgehead atoms. The van der Waals surface area contributed by atoms with E-state index in [4.69, 9.17) is 13.5 Å². The van der Waals surface area contributed by atoms with E-state index in [9.17, 15) is 0 Å². The Morgan fingerprint density at radius 3 is 0.526 bits per heavy atom. The molecular weight excluding hydrogens is 562 g/mol. The van der Waals surface area contributed by atoms with Crippen LogP contribution in [0.3, 0.4) is 0 Å². The molecule has 232 valence electrons. The first-order chi connectivity index (χ1) is 16.6. The smallest absolute Gasteiger partial charge is 0.453 e. The zero-order valence-electron chi connectivity index (χ0n) is 28.0. The van der Waals surface area contributed by atoms with Gasteiger partial charge in [-0.15, -0.1) is 4.67 Å². The maximum Gasteiger partial charge on any atom is 0.453 e. The van der Waals surface area contributed by atoms with Gasteiger partial charge in [-0.25, -0.2) is 42.0 Å². The van der Waals surface area contributed by atoms with Gasteiger partial charge in [-0.1, -0.05) is 0 Å². The minimum absolute atomic E-state index is 0. The first kappa shape index (κ1) is 40.8. The topological polar surface area (TPSA) is 99.5 Å². The largest absolute Gasteiger partial charge is 0.870 e. The molecule has 0 atom stereocenters. The van der Waals surface area contributed by atoms with Crippen LogP contribution >= 0.6 is 30.4 Å². The zero-order chi connectivity index (χ0) is 29.9. The summed E-state index contributed by atoms with van der Waals surface area (Å²) in [6.45, 7) is 0. The third-order valence-corrected chi connectivity index (χ3v) is 22.6. The molecule has 0 unspecified atom stereocenters. The molecule has 1 N–H and O–H groups in total. The van der Waals surface area contributed by atoms with Gasteiger partial charge in [0, 0.05) is 14.1 Å². The number of hydrogen-bond donors (Lipinski definition) is 0. The lowest BCUT2D eigenvalue weighted by molar-refractivity contribution is 0.470. The Kier molecular flexibility index (Phi) is 16.4. The molecule has 0 aromatic rings. The molecular formula is C20H61N13OP4. The highest BCUT2D eigenvalue weighted by Gasteiger charge is 2.55. The highest BCUT2D eigenvalue weighted by Crippen LogP contribution is 2.83. The fourth-order valence-corrected chi connectivity index (χ4v) is 24.1. The van der Waals surface area contributed by atoms with Gasteiger partial charge in [0.25, 0.3) is 0 Å². The van der Waals surface area contributed by atoms with Crippen LogP contribution in [-0.4, -0.2) is 193 Å². The molecule has 0 aromatic heterocycles. The van der Waals surface area contributed by atoms with E-state index in [1.54, 1.807) is 0 Å². The van der Waals surface area contributed by atoms with Crippen LogP contribution in [-0.2, 0) is 0 Å². The van der Waals surface area contributed by atoms with Crippen LogP contribution in [0.1, 0.15) is 0 Å². The van der Waals surface area contributed by atoms with Crippen molar-refractivity contribution in [2.24, 2.45) is 13.5 Å². The second-order valence-electron chi connectivity index (χ2n) is 10.9. The third kappa shape index (κ3) is 7.54. The van der Waals surface area contributed by atoms with Crippen LogP contribution in [0.15, 0.2) is 13.5 Å². The summed E-state index contributed by atoms with van der Waals surface area (Å²) in [6, 6.07) is 0. The molecule has 0 aromatic carbocycles. The Hall–Kier alpha value is 0.680. The molecule has 38 heavy (non-hydrogen) atoms. The van der Waals surface area contributed by atoms with Gasteiger partial charge in [0.2, 0.25) is 22.5 Å². The summed E-state index contributed by atoms with van der Waals surface area (Å²) in [7, 11) is 32.1. The zero-order valence-corrected chi connectivity index (χ0v) is 31.6. The van der Waals surface area contributed by atoms with E-state index in [1.807, 2.05) is 0 Å². The van der Waals surface area contributed by atoms with Crippen LogP contribution in [0.25, 0.3) is 0 Å². The van der Waals surface area contributed by atoms with E-state index in [2.05, 4.69) is 188 Å². The van der Waals surface area contributed by atoms with E-state index >= 15 is 0 Å². The lowest BCUT2D eigenvalue weighted by atomic mass is 11.2. The summed E-state index contributed by atoms with van der Waals surface area (Å²) in [4.78, 5) is 0. The quantitative estimate of drug-likeness (QED) is 0.279. The number of rotatable bonds is 13. The standard InChI is InChI=1S/C20H60N13P4.H2O/c1-24(2)34(21-35(25(3)4,26(5)6)27(7)8,22-36(28(9)10,29(11)12)30(13)14)23-37(31(15)16,32(17)18)33(19)20;/h1-20H3;1H2/q+1;/p-1. The molecule has 0 saturated carbocycles. The molecule has 0 aliphatic carbocycles. The summed E-state index contributed by atoms with van der Waals surface area (Å²) in [5, 5.41) is 0. The second-order valence-corrected chi connectivity index (χ2v) is 25.3. The first-order valence-corrected chi connectivity index (χ1v) is 18.5. The van der Waals surface area contributed by atoms with Crippen molar-refractivity contribution in [3.8, 4) is 0 Å². The molecule has 0 radical (unpaired) electrons. The van der Waals surface area contributed by atoms with Crippen LogP contribution in [0.5, 0.6) is 0 Å². The van der Waals surface area contributed by atoms with E-state index in [-0.39, 0.29) is 5.48 Å². The maximum atomic E-state index is 5.89. The maximum absolute atomic E-state index is 5.89. The highest BCUT2D eigenvalue weighted by atomic mass is 31.3. The van der Waals surface area contributed by atoms with E-state index in [0.29, 0.717) is 0 Å². The Balaban J connectivity index is 0. The summed E-state index contributed by atoms with van der Waals surface area (Å²) in [5.74, 6) is 0. The summed E-state index contributed by atoms with van der Waals surface area (Å²) in [5.41, 5.74) is 0. The lowest BCUT2D eigenvalue weighted by Gasteiger charge is -2.44. The van der Waals surface area contributed by atoms with E-state index in [1.165, 1.54) is 0 Å². The normalized spacial score (nSPS) is 14.4. The third-order valence-electron chi connectivity index (χ3n) is 6.09. The van der Waals surface area contributed by atoms with E-state index < -0.39 is 30.4 Å². The van der Waals surface area contributed by atoms with Crippen LogP contribution < -0.4 is 0 Å². The molecule has 0 spiro atoms. The van der Waals surface area contributed by atoms with Crippen molar-refractivity contribution >= 4 is 30.4 Å². The minimum Gasteiger partial charge on any atom is -0.870 e. The van der Waals surface area contributed by atoms with Crippen molar-refractivity contribution in [1.29, 1.82) is 0 Å². The average molecular weight is 624 g/mol. The fourth-order valence-electron chi connectivity index (χ4n) is 4.72. The van der Waals surface area contributed by atoms with Crippen molar-refractivity contribution in [3.63, 3.8) is 0 Å². The molecule has 0 amide bonds. The second kappa shape index (κ2) is 15.2. The molecule has 0 heterocycles. The van der Waals surface area contributed by atoms with Gasteiger partial charge in [0.1, 0.15) is 0 Å². The lowest BCUT2D eigenvalue weighted by Crippen LogP contribution is -2.33. The average Bonchev–Trinajstić information content (AvgIpc) is 2.70. The molecule has 14 nitrogen and oxygen atoms in total. The van der Waals surface area contributed by atoms with Crippen molar-refractivity contribution in [2.45, 2.75) is 0 Å². The van der Waals surface area contributed by atoms with Crippen molar-refractivity contribution in [3.05, 3.63) is 0 Å². The van der Waals surface area contributed by atoms with Crippen molar-refractivity contribution < 1.29 is 5.48 Å². The van der Waals surface area contributed by atoms with Crippen LogP contribution in [0, 0.1) is 0 Å². The molecule has 0 fully saturated rings.